The first-order valence-corrected chi connectivity index (χ1v) is 12.8. The number of amides is 1. The summed E-state index contributed by atoms with van der Waals surface area (Å²) in [6.07, 6.45) is 9.83. The van der Waals surface area contributed by atoms with Gasteiger partial charge >= 0.3 is 0 Å². The van der Waals surface area contributed by atoms with E-state index in [1.165, 1.54) is 5.57 Å². The summed E-state index contributed by atoms with van der Waals surface area (Å²) >= 11 is 0. The SMILES string of the molecule is CO[C@H]1/C=C/CCCCC(=O)N2CC(C)=C[C@@H]2[C@@H]1O[Si](C)(C)C(C)(C)C. The third kappa shape index (κ3) is 4.87. The average molecular weight is 380 g/mol. The van der Waals surface area contributed by atoms with Gasteiger partial charge in [-0.1, -0.05) is 44.6 Å². The molecule has 0 radical (unpaired) electrons. The van der Waals surface area contributed by atoms with Gasteiger partial charge in [0.1, 0.15) is 6.10 Å². The summed E-state index contributed by atoms with van der Waals surface area (Å²) in [7, 11) is -0.271. The van der Waals surface area contributed by atoms with E-state index in [-0.39, 0.29) is 29.2 Å². The number of hydrogen-bond donors (Lipinski definition) is 0. The summed E-state index contributed by atoms with van der Waals surface area (Å²) in [5, 5.41) is 0.105. The lowest BCUT2D eigenvalue weighted by Gasteiger charge is -2.44. The van der Waals surface area contributed by atoms with Gasteiger partial charge in [-0.15, -0.1) is 0 Å². The second kappa shape index (κ2) is 8.40. The van der Waals surface area contributed by atoms with Crippen molar-refractivity contribution < 1.29 is 14.0 Å². The van der Waals surface area contributed by atoms with Crippen molar-refractivity contribution in [2.24, 2.45) is 0 Å². The maximum absolute atomic E-state index is 12.9. The second-order valence-corrected chi connectivity index (χ2v) is 14.0. The zero-order chi connectivity index (χ0) is 19.5. The maximum atomic E-state index is 12.9. The molecule has 0 bridgehead atoms. The predicted molar refractivity (Wildman–Crippen MR) is 110 cm³/mol. The molecule has 4 nitrogen and oxygen atoms in total. The molecule has 0 unspecified atom stereocenters. The van der Waals surface area contributed by atoms with Crippen LogP contribution in [0.1, 0.15) is 53.4 Å². The number of nitrogens with zero attached hydrogens (tertiary/aromatic N) is 1. The number of fused-ring (bicyclic) bond motifs is 1. The lowest BCUT2D eigenvalue weighted by Crippen LogP contribution is -2.55. The van der Waals surface area contributed by atoms with E-state index in [9.17, 15) is 4.79 Å². The van der Waals surface area contributed by atoms with Crippen molar-refractivity contribution in [3.05, 3.63) is 23.8 Å². The lowest BCUT2D eigenvalue weighted by molar-refractivity contribution is -0.134. The molecule has 3 atom stereocenters. The van der Waals surface area contributed by atoms with E-state index >= 15 is 0 Å². The number of allylic oxidation sites excluding steroid dienone is 1. The van der Waals surface area contributed by atoms with E-state index < -0.39 is 8.32 Å². The fourth-order valence-electron chi connectivity index (χ4n) is 3.42. The van der Waals surface area contributed by atoms with Crippen molar-refractivity contribution in [1.82, 2.24) is 4.90 Å². The number of hydrogen-bond acceptors (Lipinski definition) is 3. The Kier molecular flexibility index (Phi) is 6.91. The van der Waals surface area contributed by atoms with Crippen molar-refractivity contribution >= 4 is 14.2 Å². The van der Waals surface area contributed by atoms with Gasteiger partial charge in [-0.2, -0.15) is 0 Å². The molecule has 0 N–H and O–H groups in total. The molecule has 0 aromatic carbocycles. The summed E-state index contributed by atoms with van der Waals surface area (Å²) in [4.78, 5) is 14.9. The van der Waals surface area contributed by atoms with E-state index in [2.05, 4.69) is 59.0 Å². The molecule has 2 aliphatic rings. The highest BCUT2D eigenvalue weighted by atomic mass is 28.4. The lowest BCUT2D eigenvalue weighted by atomic mass is 10.0. The molecule has 26 heavy (non-hydrogen) atoms. The highest BCUT2D eigenvalue weighted by Crippen LogP contribution is 2.39. The number of ether oxygens (including phenoxy) is 1. The van der Waals surface area contributed by atoms with Gasteiger partial charge in [0.15, 0.2) is 8.32 Å². The molecule has 0 saturated heterocycles. The number of rotatable bonds is 3. The van der Waals surface area contributed by atoms with Gasteiger partial charge in [0.05, 0.1) is 12.1 Å². The standard InChI is InChI=1S/C21H37NO3Si/c1-16-14-17-20(25-26(6,7)21(2,3)4)18(24-5)12-10-8-9-11-13-19(23)22(17)15-16/h10,12,14,17-18,20H,8-9,11,13,15H2,1-7H3/b12-10+/t17-,18+,20+/m1/s1. The predicted octanol–water partition coefficient (Wildman–Crippen LogP) is 4.68. The topological polar surface area (TPSA) is 38.8 Å². The molecule has 148 valence electrons. The first-order valence-electron chi connectivity index (χ1n) is 9.91. The minimum atomic E-state index is -2.02. The molecular weight excluding hydrogens is 342 g/mol. The van der Waals surface area contributed by atoms with Crippen molar-refractivity contribution in [1.29, 1.82) is 0 Å². The Morgan fingerprint density at radius 1 is 1.23 bits per heavy atom. The van der Waals surface area contributed by atoms with Gasteiger partial charge in [-0.25, -0.2) is 0 Å². The average Bonchev–Trinajstić information content (AvgIpc) is 2.91. The van der Waals surface area contributed by atoms with Crippen LogP contribution < -0.4 is 0 Å². The number of methoxy groups -OCH3 is 1. The highest BCUT2D eigenvalue weighted by molar-refractivity contribution is 6.74. The first kappa shape index (κ1) is 21.4. The Morgan fingerprint density at radius 3 is 2.54 bits per heavy atom. The van der Waals surface area contributed by atoms with E-state index in [1.54, 1.807) is 7.11 Å². The minimum absolute atomic E-state index is 0.0516. The molecule has 0 spiro atoms. The van der Waals surface area contributed by atoms with E-state index in [4.69, 9.17) is 9.16 Å². The first-order chi connectivity index (χ1) is 12.1. The quantitative estimate of drug-likeness (QED) is 0.528. The summed E-state index contributed by atoms with van der Waals surface area (Å²) in [6.45, 7) is 14.1. The van der Waals surface area contributed by atoms with Gasteiger partial charge in [0.25, 0.3) is 0 Å². The molecule has 0 aromatic rings. The molecular formula is C21H37NO3Si. The van der Waals surface area contributed by atoms with Crippen LogP contribution in [0.3, 0.4) is 0 Å². The van der Waals surface area contributed by atoms with Crippen molar-refractivity contribution in [3.8, 4) is 0 Å². The molecule has 0 aliphatic carbocycles. The van der Waals surface area contributed by atoms with Crippen LogP contribution in [0.15, 0.2) is 23.8 Å². The van der Waals surface area contributed by atoms with Crippen LogP contribution in [0.25, 0.3) is 0 Å². The molecule has 0 fully saturated rings. The third-order valence-corrected chi connectivity index (χ3v) is 10.5. The monoisotopic (exact) mass is 379 g/mol. The van der Waals surface area contributed by atoms with Crippen molar-refractivity contribution in [2.75, 3.05) is 13.7 Å². The maximum Gasteiger partial charge on any atom is 0.223 e. The molecule has 1 amide bonds. The zero-order valence-corrected chi connectivity index (χ0v) is 18.7. The molecule has 2 aliphatic heterocycles. The number of carbonyl (C=O) groups is 1. The van der Waals surface area contributed by atoms with Gasteiger partial charge < -0.3 is 14.1 Å². The molecule has 0 saturated carbocycles. The van der Waals surface area contributed by atoms with Crippen LogP contribution in [0.4, 0.5) is 0 Å². The van der Waals surface area contributed by atoms with Crippen LogP contribution in [0.2, 0.25) is 18.1 Å². The Morgan fingerprint density at radius 2 is 1.92 bits per heavy atom. The largest absolute Gasteiger partial charge is 0.408 e. The Labute approximate surface area is 160 Å². The Hall–Kier alpha value is -0.913. The summed E-state index contributed by atoms with van der Waals surface area (Å²) in [5.74, 6) is 0.240. The smallest absolute Gasteiger partial charge is 0.223 e. The number of carbonyl (C=O) groups excluding carboxylic acids is 1. The molecule has 2 heterocycles. The van der Waals surface area contributed by atoms with Gasteiger partial charge in [-0.05, 0) is 44.3 Å². The molecule has 5 heteroatoms. The van der Waals surface area contributed by atoms with Crippen LogP contribution in [-0.2, 0) is 14.0 Å². The normalized spacial score (nSPS) is 29.8. The van der Waals surface area contributed by atoms with Gasteiger partial charge in [0, 0.05) is 20.1 Å². The highest BCUT2D eigenvalue weighted by Gasteiger charge is 2.45. The fourth-order valence-corrected chi connectivity index (χ4v) is 4.73. The van der Waals surface area contributed by atoms with Gasteiger partial charge in [0.2, 0.25) is 5.91 Å². The zero-order valence-electron chi connectivity index (χ0n) is 17.7. The Balaban J connectivity index is 2.42. The van der Waals surface area contributed by atoms with Crippen molar-refractivity contribution in [2.45, 2.75) is 89.8 Å². The van der Waals surface area contributed by atoms with Crippen molar-refractivity contribution in [3.63, 3.8) is 0 Å². The van der Waals surface area contributed by atoms with E-state index in [0.29, 0.717) is 13.0 Å². The van der Waals surface area contributed by atoms with E-state index in [0.717, 1.165) is 19.3 Å². The minimum Gasteiger partial charge on any atom is -0.408 e. The Bertz CT molecular complexity index is 562. The van der Waals surface area contributed by atoms with E-state index in [1.807, 2.05) is 4.90 Å². The summed E-state index contributed by atoms with van der Waals surface area (Å²) in [5.41, 5.74) is 1.24. The van der Waals surface area contributed by atoms with Crippen LogP contribution >= 0.6 is 0 Å². The van der Waals surface area contributed by atoms with Crippen LogP contribution in [0.5, 0.6) is 0 Å². The molecule has 0 aromatic heterocycles. The summed E-state index contributed by atoms with van der Waals surface area (Å²) < 4.78 is 12.7. The fraction of sp³-hybridized carbons (Fsp3) is 0.762. The second-order valence-electron chi connectivity index (χ2n) is 9.24. The van der Waals surface area contributed by atoms with Crippen LogP contribution in [0, 0.1) is 0 Å². The van der Waals surface area contributed by atoms with Crippen LogP contribution in [-0.4, -0.2) is 51.0 Å². The molecule has 2 rings (SSSR count). The third-order valence-electron chi connectivity index (χ3n) is 6.06. The van der Waals surface area contributed by atoms with Gasteiger partial charge in [-0.3, -0.25) is 4.79 Å². The summed E-state index contributed by atoms with van der Waals surface area (Å²) in [6, 6.07) is -0.0516.